The molecule has 0 fully saturated rings. The molecule has 0 spiro atoms. The van der Waals surface area contributed by atoms with Crippen LogP contribution in [0.1, 0.15) is 42.7 Å². The van der Waals surface area contributed by atoms with Crippen molar-refractivity contribution in [1.82, 2.24) is 5.32 Å². The van der Waals surface area contributed by atoms with Crippen molar-refractivity contribution in [3.8, 4) is 5.75 Å². The summed E-state index contributed by atoms with van der Waals surface area (Å²) in [5.74, 6) is -7.09. The topological polar surface area (TPSA) is 150 Å². The van der Waals surface area contributed by atoms with Crippen LogP contribution in [0.15, 0.2) is 54.6 Å². The Labute approximate surface area is 226 Å². The molecule has 0 aliphatic carbocycles. The normalized spacial score (nSPS) is 15.7. The molecule has 216 valence electrons. The molecule has 12 heteroatoms. The fraction of sp³-hybridized carbons (Fsp3) is 0.481. The molecule has 4 atom stereocenters. The molecule has 0 bridgehead atoms. The van der Waals surface area contributed by atoms with E-state index in [-0.39, 0.29) is 30.1 Å². The number of ether oxygens (including phenoxy) is 4. The maximum atomic E-state index is 15.7. The monoisotopic (exact) mass is 554 g/mol. The summed E-state index contributed by atoms with van der Waals surface area (Å²) in [6.45, 7) is 3.76. The number of aliphatic hydroxyl groups excluding tert-OH is 1. The van der Waals surface area contributed by atoms with Crippen LogP contribution in [-0.2, 0) is 19.0 Å². The molecule has 0 aliphatic rings. The highest BCUT2D eigenvalue weighted by Crippen LogP contribution is 2.39. The Bertz CT molecular complexity index is 1070. The van der Waals surface area contributed by atoms with Gasteiger partial charge in [0.25, 0.3) is 5.92 Å². The van der Waals surface area contributed by atoms with Crippen LogP contribution in [0.25, 0.3) is 0 Å². The van der Waals surface area contributed by atoms with Gasteiger partial charge in [0.1, 0.15) is 17.9 Å². The van der Waals surface area contributed by atoms with E-state index in [9.17, 15) is 19.8 Å². The van der Waals surface area contributed by atoms with Crippen LogP contribution in [0.4, 0.5) is 8.78 Å². The molecule has 0 aliphatic heterocycles. The summed E-state index contributed by atoms with van der Waals surface area (Å²) in [7, 11) is 1.45. The zero-order chi connectivity index (χ0) is 29.2. The molecular weight excluding hydrogens is 518 g/mol. The smallest absolute Gasteiger partial charge is 0.356 e. The second-order valence-electron chi connectivity index (χ2n) is 9.26. The number of nitrogens with two attached hydrogens (primary N) is 1. The van der Waals surface area contributed by atoms with Crippen molar-refractivity contribution in [3.05, 3.63) is 65.7 Å². The highest BCUT2D eigenvalue weighted by molar-refractivity contribution is 5.91. The van der Waals surface area contributed by atoms with Gasteiger partial charge in [0.15, 0.2) is 6.79 Å². The number of hydrogen-bond donors (Lipinski definition) is 4. The molecule has 0 saturated carbocycles. The van der Waals surface area contributed by atoms with Crippen LogP contribution in [0.3, 0.4) is 0 Å². The molecule has 0 heterocycles. The molecule has 0 amide bonds. The largest absolute Gasteiger partial charge is 0.435 e. The van der Waals surface area contributed by atoms with E-state index in [1.165, 1.54) is 58.2 Å². The first-order chi connectivity index (χ1) is 18.3. The van der Waals surface area contributed by atoms with E-state index in [4.69, 9.17) is 24.7 Å². The Balaban J connectivity index is 2.42. The summed E-state index contributed by atoms with van der Waals surface area (Å²) >= 11 is 0. The third-order valence-electron chi connectivity index (χ3n) is 5.91. The van der Waals surface area contributed by atoms with Gasteiger partial charge in [-0.1, -0.05) is 44.2 Å². The molecule has 2 aromatic rings. The summed E-state index contributed by atoms with van der Waals surface area (Å²) in [6, 6.07) is 9.61. The van der Waals surface area contributed by atoms with Gasteiger partial charge in [0.05, 0.1) is 18.8 Å². The first-order valence-electron chi connectivity index (χ1n) is 12.3. The number of aliphatic hydroxyl groups is 2. The Morgan fingerprint density at radius 3 is 2.31 bits per heavy atom. The number of carbonyl (C=O) groups excluding carboxylic acids is 2. The molecule has 39 heavy (non-hydrogen) atoms. The summed E-state index contributed by atoms with van der Waals surface area (Å²) < 4.78 is 51.7. The van der Waals surface area contributed by atoms with Crippen LogP contribution < -0.4 is 15.8 Å². The van der Waals surface area contributed by atoms with Crippen LogP contribution in [0.2, 0.25) is 0 Å². The van der Waals surface area contributed by atoms with Gasteiger partial charge < -0.3 is 34.9 Å². The Hall–Kier alpha value is -3.00. The van der Waals surface area contributed by atoms with Gasteiger partial charge in [-0.2, -0.15) is 0 Å². The fourth-order valence-electron chi connectivity index (χ4n) is 3.51. The van der Waals surface area contributed by atoms with Gasteiger partial charge in [0.2, 0.25) is 5.72 Å². The second-order valence-corrected chi connectivity index (χ2v) is 9.26. The number of esters is 2. The molecule has 0 saturated heterocycles. The predicted octanol–water partition coefficient (Wildman–Crippen LogP) is 2.39. The number of benzene rings is 2. The quantitative estimate of drug-likeness (QED) is 0.112. The first kappa shape index (κ1) is 32.2. The summed E-state index contributed by atoms with van der Waals surface area (Å²) in [4.78, 5) is 25.4. The second kappa shape index (κ2) is 14.4. The number of carbonyl (C=O) groups is 2. The zero-order valence-corrected chi connectivity index (χ0v) is 22.3. The van der Waals surface area contributed by atoms with Crippen molar-refractivity contribution in [2.75, 3.05) is 27.1 Å². The standard InChI is InChI=1S/C27H36F2N2O8/c1-17(2)27(35,25(34)38-16-37-14-13-36-4)31-22(26(28,29)23(32)18(3)30)20-11-8-12-21(15-20)39-24(33)19-9-6-5-7-10-19/h5-12,15,17-18,22-23,31-32,35H,13-14,16,30H2,1-4H3/t18?,22?,23?,27-/m0/s1. The minimum atomic E-state index is -4.02. The lowest BCUT2D eigenvalue weighted by Gasteiger charge is -2.39. The molecule has 2 aromatic carbocycles. The SMILES string of the molecule is COCCOCOC(=O)[C@](O)(NC(c1cccc(OC(=O)c2ccccc2)c1)C(F)(F)C(O)C(C)N)C(C)C. The van der Waals surface area contributed by atoms with E-state index in [1.54, 1.807) is 18.2 Å². The molecular formula is C27H36F2N2O8. The lowest BCUT2D eigenvalue weighted by Crippen LogP contribution is -2.63. The molecule has 0 aromatic heterocycles. The van der Waals surface area contributed by atoms with E-state index < -0.39 is 54.5 Å². The van der Waals surface area contributed by atoms with Crippen molar-refractivity contribution < 1.29 is 47.5 Å². The molecule has 10 nitrogen and oxygen atoms in total. The van der Waals surface area contributed by atoms with Crippen molar-refractivity contribution in [2.45, 2.75) is 50.6 Å². The van der Waals surface area contributed by atoms with E-state index in [1.807, 2.05) is 0 Å². The first-order valence-corrected chi connectivity index (χ1v) is 12.3. The van der Waals surface area contributed by atoms with Gasteiger partial charge in [-0.05, 0) is 36.8 Å². The number of hydrogen-bond acceptors (Lipinski definition) is 10. The number of halogens is 2. The highest BCUT2D eigenvalue weighted by atomic mass is 19.3. The molecule has 2 rings (SSSR count). The van der Waals surface area contributed by atoms with Gasteiger partial charge in [0, 0.05) is 19.1 Å². The number of rotatable bonds is 15. The Kier molecular flexibility index (Phi) is 11.9. The third-order valence-corrected chi connectivity index (χ3v) is 5.91. The third kappa shape index (κ3) is 8.49. The number of nitrogens with one attached hydrogen (secondary N) is 1. The summed E-state index contributed by atoms with van der Waals surface area (Å²) in [6.07, 6.45) is -2.38. The molecule has 3 unspecified atom stereocenters. The summed E-state index contributed by atoms with van der Waals surface area (Å²) in [5.41, 5.74) is 2.96. The average Bonchev–Trinajstić information content (AvgIpc) is 2.91. The summed E-state index contributed by atoms with van der Waals surface area (Å²) in [5, 5.41) is 23.8. The van der Waals surface area contributed by atoms with Crippen molar-refractivity contribution in [1.29, 1.82) is 0 Å². The van der Waals surface area contributed by atoms with Gasteiger partial charge in [-0.15, -0.1) is 0 Å². The van der Waals surface area contributed by atoms with Crippen LogP contribution in [-0.4, -0.2) is 73.1 Å². The van der Waals surface area contributed by atoms with Crippen molar-refractivity contribution in [2.24, 2.45) is 11.7 Å². The number of methoxy groups -OCH3 is 1. The minimum Gasteiger partial charge on any atom is -0.435 e. The van der Waals surface area contributed by atoms with Gasteiger partial charge >= 0.3 is 11.9 Å². The Morgan fingerprint density at radius 2 is 1.72 bits per heavy atom. The van der Waals surface area contributed by atoms with Crippen molar-refractivity contribution >= 4 is 11.9 Å². The Morgan fingerprint density at radius 1 is 1.05 bits per heavy atom. The lowest BCUT2D eigenvalue weighted by atomic mass is 9.90. The van der Waals surface area contributed by atoms with E-state index in [2.05, 4.69) is 5.32 Å². The molecule has 0 radical (unpaired) electrons. The van der Waals surface area contributed by atoms with Crippen LogP contribution >= 0.6 is 0 Å². The highest BCUT2D eigenvalue weighted by Gasteiger charge is 2.54. The van der Waals surface area contributed by atoms with Crippen LogP contribution in [0.5, 0.6) is 5.75 Å². The van der Waals surface area contributed by atoms with Gasteiger partial charge in [-0.25, -0.2) is 18.4 Å². The van der Waals surface area contributed by atoms with Crippen molar-refractivity contribution in [3.63, 3.8) is 0 Å². The maximum Gasteiger partial charge on any atom is 0.356 e. The van der Waals surface area contributed by atoms with Crippen LogP contribution in [0, 0.1) is 5.92 Å². The zero-order valence-electron chi connectivity index (χ0n) is 22.3. The van der Waals surface area contributed by atoms with E-state index in [0.29, 0.717) is 0 Å². The van der Waals surface area contributed by atoms with Gasteiger partial charge in [-0.3, -0.25) is 5.32 Å². The average molecular weight is 555 g/mol. The number of alkyl halides is 2. The van der Waals surface area contributed by atoms with E-state index in [0.717, 1.165) is 6.07 Å². The minimum absolute atomic E-state index is 0.0820. The fourth-order valence-corrected chi connectivity index (χ4v) is 3.51. The van der Waals surface area contributed by atoms with E-state index >= 15 is 8.78 Å². The lowest BCUT2D eigenvalue weighted by molar-refractivity contribution is -0.199. The molecule has 5 N–H and O–H groups in total. The maximum absolute atomic E-state index is 15.7. The predicted molar refractivity (Wildman–Crippen MR) is 137 cm³/mol.